The molecule has 2 aromatic carbocycles. The summed E-state index contributed by atoms with van der Waals surface area (Å²) in [6.45, 7) is 2.31. The maximum atomic E-state index is 12.9. The lowest BCUT2D eigenvalue weighted by atomic mass is 10.1. The molecule has 0 bridgehead atoms. The fraction of sp³-hybridized carbons (Fsp3) is 0.182. The minimum absolute atomic E-state index is 0.00602. The zero-order valence-corrected chi connectivity index (χ0v) is 15.8. The normalized spacial score (nSPS) is 12.6. The lowest BCUT2D eigenvalue weighted by Gasteiger charge is -2.14. The van der Waals surface area contributed by atoms with E-state index in [2.05, 4.69) is 5.32 Å². The number of furan rings is 1. The van der Waals surface area contributed by atoms with Crippen LogP contribution < -0.4 is 15.0 Å². The number of nitrogens with zero attached hydrogens (tertiary/aromatic N) is 1. The summed E-state index contributed by atoms with van der Waals surface area (Å²) in [6, 6.07) is 14.4. The summed E-state index contributed by atoms with van der Waals surface area (Å²) in [7, 11) is 0. The molecule has 6 nitrogen and oxygen atoms in total. The molecule has 2 heterocycles. The maximum absolute atomic E-state index is 12.9. The van der Waals surface area contributed by atoms with Crippen LogP contribution in [0.25, 0.3) is 0 Å². The lowest BCUT2D eigenvalue weighted by Crippen LogP contribution is -2.25. The van der Waals surface area contributed by atoms with Gasteiger partial charge in [0.2, 0.25) is 5.91 Å². The highest BCUT2D eigenvalue weighted by molar-refractivity contribution is 6.02. The third-order valence-corrected chi connectivity index (χ3v) is 4.69. The van der Waals surface area contributed by atoms with Crippen LogP contribution in [0.3, 0.4) is 0 Å². The van der Waals surface area contributed by atoms with Gasteiger partial charge >= 0.3 is 0 Å². The summed E-state index contributed by atoms with van der Waals surface area (Å²) in [6.07, 6.45) is 0.754. The first-order chi connectivity index (χ1) is 14.0. The van der Waals surface area contributed by atoms with Crippen molar-refractivity contribution >= 4 is 23.2 Å². The van der Waals surface area contributed by atoms with Crippen molar-refractivity contribution in [2.24, 2.45) is 0 Å². The number of carbonyl (C=O) groups is 2. The van der Waals surface area contributed by atoms with E-state index in [0.717, 1.165) is 17.7 Å². The molecule has 1 N–H and O–H groups in total. The summed E-state index contributed by atoms with van der Waals surface area (Å²) in [5.74, 6) is 0.436. The van der Waals surface area contributed by atoms with Crippen LogP contribution in [0.15, 0.2) is 59.0 Å². The number of hydrogen-bond acceptors (Lipinski definition) is 4. The van der Waals surface area contributed by atoms with Crippen LogP contribution in [-0.4, -0.2) is 18.4 Å². The van der Waals surface area contributed by atoms with Crippen LogP contribution in [0.2, 0.25) is 0 Å². The van der Waals surface area contributed by atoms with E-state index in [-0.39, 0.29) is 30.0 Å². The number of amides is 2. The van der Waals surface area contributed by atoms with E-state index >= 15 is 0 Å². The number of hydrogen-bond donors (Lipinski definition) is 1. The average molecular weight is 394 g/mol. The second-order valence-corrected chi connectivity index (χ2v) is 6.73. The topological polar surface area (TPSA) is 71.8 Å². The van der Waals surface area contributed by atoms with Gasteiger partial charge in [-0.3, -0.25) is 9.59 Å². The molecule has 4 rings (SSSR count). The molecule has 0 saturated carbocycles. The molecular formula is C22H19FN2O4. The van der Waals surface area contributed by atoms with Gasteiger partial charge in [-0.25, -0.2) is 4.39 Å². The van der Waals surface area contributed by atoms with Gasteiger partial charge in [-0.2, -0.15) is 0 Å². The quantitative estimate of drug-likeness (QED) is 0.705. The van der Waals surface area contributed by atoms with E-state index in [4.69, 9.17) is 9.15 Å². The van der Waals surface area contributed by atoms with Gasteiger partial charge in [0.05, 0.1) is 0 Å². The molecule has 7 heteroatoms. The van der Waals surface area contributed by atoms with Crippen LogP contribution >= 0.6 is 0 Å². The SMILES string of the molecule is CC(=O)N1CCc2cc(NC(=O)c3ccc(COc4ccc(F)cc4)o3)ccc21. The van der Waals surface area contributed by atoms with Crippen molar-refractivity contribution in [2.75, 3.05) is 16.8 Å². The van der Waals surface area contributed by atoms with Gasteiger partial charge in [0.1, 0.15) is 23.9 Å². The summed E-state index contributed by atoms with van der Waals surface area (Å²) in [5, 5.41) is 2.81. The standard InChI is InChI=1S/C22H19FN2O4/c1-14(26)25-11-10-15-12-17(4-8-20(15)25)24-22(27)21-9-7-19(29-21)13-28-18-5-2-16(23)3-6-18/h2-9,12H,10-11,13H2,1H3,(H,24,27). The van der Waals surface area contributed by atoms with Crippen LogP contribution in [0.5, 0.6) is 5.75 Å². The van der Waals surface area contributed by atoms with Crippen LogP contribution in [0.1, 0.15) is 28.8 Å². The zero-order valence-electron chi connectivity index (χ0n) is 15.8. The molecule has 3 aromatic rings. The predicted octanol–water partition coefficient (Wildman–Crippen LogP) is 4.16. The van der Waals surface area contributed by atoms with Gasteiger partial charge in [0.15, 0.2) is 5.76 Å². The van der Waals surface area contributed by atoms with E-state index in [1.807, 2.05) is 12.1 Å². The molecule has 0 saturated heterocycles. The minimum atomic E-state index is -0.376. The second-order valence-electron chi connectivity index (χ2n) is 6.73. The Kier molecular flexibility index (Phi) is 5.03. The zero-order chi connectivity index (χ0) is 20.4. The smallest absolute Gasteiger partial charge is 0.291 e. The second kappa shape index (κ2) is 7.79. The number of halogens is 1. The van der Waals surface area contributed by atoms with Crippen LogP contribution in [-0.2, 0) is 17.8 Å². The first kappa shape index (κ1) is 18.7. The van der Waals surface area contributed by atoms with Crippen molar-refractivity contribution in [2.45, 2.75) is 20.0 Å². The molecule has 1 aromatic heterocycles. The Bertz CT molecular complexity index is 1060. The Balaban J connectivity index is 1.38. The molecule has 1 aliphatic heterocycles. The molecule has 29 heavy (non-hydrogen) atoms. The van der Waals surface area contributed by atoms with Crippen molar-refractivity contribution in [3.8, 4) is 5.75 Å². The monoisotopic (exact) mass is 394 g/mol. The van der Waals surface area contributed by atoms with Crippen molar-refractivity contribution in [3.05, 3.63) is 77.5 Å². The Morgan fingerprint density at radius 3 is 2.69 bits per heavy atom. The average Bonchev–Trinajstić information content (AvgIpc) is 3.34. The number of ether oxygens (including phenoxy) is 1. The molecular weight excluding hydrogens is 375 g/mol. The minimum Gasteiger partial charge on any atom is -0.486 e. The van der Waals surface area contributed by atoms with Gasteiger partial charge < -0.3 is 19.4 Å². The Morgan fingerprint density at radius 1 is 1.14 bits per heavy atom. The molecule has 0 radical (unpaired) electrons. The Morgan fingerprint density at radius 2 is 1.93 bits per heavy atom. The molecule has 1 aliphatic rings. The van der Waals surface area contributed by atoms with Crippen molar-refractivity contribution in [1.82, 2.24) is 0 Å². The maximum Gasteiger partial charge on any atom is 0.291 e. The summed E-state index contributed by atoms with van der Waals surface area (Å²) in [4.78, 5) is 25.8. The van der Waals surface area contributed by atoms with Gasteiger partial charge in [-0.05, 0) is 66.6 Å². The van der Waals surface area contributed by atoms with Gasteiger partial charge in [0, 0.05) is 24.8 Å². The molecule has 0 aliphatic carbocycles. The molecule has 148 valence electrons. The van der Waals surface area contributed by atoms with Crippen molar-refractivity contribution in [1.29, 1.82) is 0 Å². The largest absolute Gasteiger partial charge is 0.486 e. The molecule has 0 spiro atoms. The van der Waals surface area contributed by atoms with Gasteiger partial charge in [-0.1, -0.05) is 0 Å². The number of carbonyl (C=O) groups excluding carboxylic acids is 2. The van der Waals surface area contributed by atoms with Crippen LogP contribution in [0, 0.1) is 5.82 Å². The van der Waals surface area contributed by atoms with E-state index in [9.17, 15) is 14.0 Å². The molecule has 0 atom stereocenters. The molecule has 2 amide bonds. The van der Waals surface area contributed by atoms with E-state index in [1.165, 1.54) is 24.3 Å². The molecule has 0 unspecified atom stereocenters. The van der Waals surface area contributed by atoms with Crippen molar-refractivity contribution < 1.29 is 23.1 Å². The first-order valence-corrected chi connectivity index (χ1v) is 9.19. The summed E-state index contributed by atoms with van der Waals surface area (Å²) < 4.78 is 24.0. The van der Waals surface area contributed by atoms with E-state index in [0.29, 0.717) is 23.7 Å². The highest BCUT2D eigenvalue weighted by Gasteiger charge is 2.22. The number of rotatable bonds is 5. The lowest BCUT2D eigenvalue weighted by molar-refractivity contribution is -0.116. The Hall–Kier alpha value is -3.61. The third-order valence-electron chi connectivity index (χ3n) is 4.69. The fourth-order valence-corrected chi connectivity index (χ4v) is 3.26. The predicted molar refractivity (Wildman–Crippen MR) is 106 cm³/mol. The third kappa shape index (κ3) is 4.13. The van der Waals surface area contributed by atoms with E-state index < -0.39 is 0 Å². The van der Waals surface area contributed by atoms with Crippen molar-refractivity contribution in [3.63, 3.8) is 0 Å². The van der Waals surface area contributed by atoms with E-state index in [1.54, 1.807) is 30.0 Å². The fourth-order valence-electron chi connectivity index (χ4n) is 3.26. The Labute approximate surface area is 166 Å². The highest BCUT2D eigenvalue weighted by atomic mass is 19.1. The first-order valence-electron chi connectivity index (χ1n) is 9.19. The van der Waals surface area contributed by atoms with Crippen LogP contribution in [0.4, 0.5) is 15.8 Å². The summed E-state index contributed by atoms with van der Waals surface area (Å²) >= 11 is 0. The van der Waals surface area contributed by atoms with Gasteiger partial charge in [-0.15, -0.1) is 0 Å². The number of anilines is 2. The highest BCUT2D eigenvalue weighted by Crippen LogP contribution is 2.30. The number of nitrogens with one attached hydrogen (secondary N) is 1. The van der Waals surface area contributed by atoms with Gasteiger partial charge in [0.25, 0.3) is 5.91 Å². The molecule has 0 fully saturated rings. The number of benzene rings is 2. The number of fused-ring (bicyclic) bond motifs is 1. The summed E-state index contributed by atoms with van der Waals surface area (Å²) in [5.41, 5.74) is 2.54.